The van der Waals surface area contributed by atoms with E-state index in [0.29, 0.717) is 11.8 Å². The van der Waals surface area contributed by atoms with E-state index in [4.69, 9.17) is 12.2 Å². The van der Waals surface area contributed by atoms with Crippen molar-refractivity contribution in [1.29, 1.82) is 0 Å². The van der Waals surface area contributed by atoms with Crippen LogP contribution in [0.2, 0.25) is 0 Å². The van der Waals surface area contributed by atoms with Crippen LogP contribution in [0.4, 0.5) is 23.2 Å². The molecule has 1 aromatic rings. The van der Waals surface area contributed by atoms with E-state index in [1.807, 2.05) is 6.07 Å². The molecule has 2 aliphatic rings. The van der Waals surface area contributed by atoms with Crippen LogP contribution >= 0.6 is 12.2 Å². The molecule has 0 aromatic heterocycles. The average molecular weight is 400 g/mol. The van der Waals surface area contributed by atoms with Gasteiger partial charge in [0.25, 0.3) is 5.91 Å². The summed E-state index contributed by atoms with van der Waals surface area (Å²) in [7, 11) is 0. The van der Waals surface area contributed by atoms with Crippen LogP contribution in [0.3, 0.4) is 0 Å². The number of allylic oxidation sites excluding steroid dienone is 1. The standard InChI is InChI=1S/C16H12F4N4O2S/c17-15(26-16(18,19)20)7-6-11-10(8-15)12(13(25)22-11)23-24-14(27)21-9-4-2-1-3-5-9/h1-7H,8H2,(H2,21,24,27)(H,22,23,25). The van der Waals surface area contributed by atoms with E-state index < -0.39 is 24.5 Å². The van der Waals surface area contributed by atoms with E-state index in [9.17, 15) is 22.4 Å². The topological polar surface area (TPSA) is 74.8 Å². The molecule has 1 aliphatic heterocycles. The highest BCUT2D eigenvalue weighted by atomic mass is 32.1. The highest BCUT2D eigenvalue weighted by Gasteiger charge is 2.47. The Kier molecular flexibility index (Phi) is 4.98. The van der Waals surface area contributed by atoms with Crippen molar-refractivity contribution < 1.29 is 27.1 Å². The molecule has 1 atom stereocenters. The molecule has 3 N–H and O–H groups in total. The summed E-state index contributed by atoms with van der Waals surface area (Å²) < 4.78 is 55.1. The molecule has 142 valence electrons. The molecule has 1 heterocycles. The Balaban J connectivity index is 1.73. The number of para-hydroxylation sites is 1. The number of carbonyl (C=O) groups is 1. The molecule has 1 unspecified atom stereocenters. The Morgan fingerprint density at radius 3 is 2.67 bits per heavy atom. The number of hydrogen-bond acceptors (Lipinski definition) is 4. The molecule has 1 aliphatic carbocycles. The zero-order valence-corrected chi connectivity index (χ0v) is 14.2. The summed E-state index contributed by atoms with van der Waals surface area (Å²) in [6, 6.07) is 8.83. The summed E-state index contributed by atoms with van der Waals surface area (Å²) in [5, 5.41) is 9.04. The number of ether oxygens (including phenoxy) is 1. The number of hydrogen-bond donors (Lipinski definition) is 3. The third-order valence-corrected chi connectivity index (χ3v) is 3.77. The van der Waals surface area contributed by atoms with Crippen molar-refractivity contribution in [1.82, 2.24) is 10.7 Å². The Labute approximate surface area is 156 Å². The van der Waals surface area contributed by atoms with Crippen LogP contribution in [0, 0.1) is 0 Å². The lowest BCUT2D eigenvalue weighted by Gasteiger charge is -2.26. The molecular weight excluding hydrogens is 388 g/mol. The van der Waals surface area contributed by atoms with Gasteiger partial charge >= 0.3 is 6.36 Å². The van der Waals surface area contributed by atoms with Gasteiger partial charge in [-0.05, 0) is 36.5 Å². The number of carbonyl (C=O) groups excluding carboxylic acids is 1. The largest absolute Gasteiger partial charge is 0.525 e. The maximum Gasteiger partial charge on any atom is 0.525 e. The van der Waals surface area contributed by atoms with E-state index in [1.165, 1.54) is 0 Å². The zero-order valence-electron chi connectivity index (χ0n) is 13.4. The molecule has 1 amide bonds. The predicted molar refractivity (Wildman–Crippen MR) is 93.1 cm³/mol. The van der Waals surface area contributed by atoms with Gasteiger partial charge in [-0.15, -0.1) is 13.2 Å². The first kappa shape index (κ1) is 19.0. The van der Waals surface area contributed by atoms with Crippen molar-refractivity contribution in [2.24, 2.45) is 5.10 Å². The first-order valence-corrected chi connectivity index (χ1v) is 7.96. The summed E-state index contributed by atoms with van der Waals surface area (Å²) >= 11 is 5.03. The van der Waals surface area contributed by atoms with Crippen molar-refractivity contribution in [2.75, 3.05) is 5.32 Å². The normalized spacial score (nSPS) is 23.3. The number of thiocarbonyl (C=S) groups is 1. The Hall–Kier alpha value is -2.79. The number of halogens is 4. The number of hydrazone groups is 1. The second kappa shape index (κ2) is 7.08. The van der Waals surface area contributed by atoms with E-state index in [1.54, 1.807) is 24.3 Å². The summed E-state index contributed by atoms with van der Waals surface area (Å²) in [5.41, 5.74) is 2.90. The van der Waals surface area contributed by atoms with E-state index in [-0.39, 0.29) is 22.1 Å². The molecule has 0 bridgehead atoms. The summed E-state index contributed by atoms with van der Waals surface area (Å²) in [4.78, 5) is 12.0. The molecule has 27 heavy (non-hydrogen) atoms. The van der Waals surface area contributed by atoms with Crippen LogP contribution in [0.25, 0.3) is 0 Å². The summed E-state index contributed by atoms with van der Waals surface area (Å²) in [6.45, 7) is 0. The van der Waals surface area contributed by atoms with E-state index in [2.05, 4.69) is 25.9 Å². The molecule has 11 heteroatoms. The zero-order chi connectivity index (χ0) is 19.7. The van der Waals surface area contributed by atoms with Gasteiger partial charge in [0.2, 0.25) is 5.85 Å². The van der Waals surface area contributed by atoms with Crippen LogP contribution in [-0.2, 0) is 9.53 Å². The van der Waals surface area contributed by atoms with Gasteiger partial charge in [0.05, 0.1) is 0 Å². The fraction of sp³-hybridized carbons (Fsp3) is 0.188. The van der Waals surface area contributed by atoms with E-state index in [0.717, 1.165) is 6.08 Å². The summed E-state index contributed by atoms with van der Waals surface area (Å²) in [5.74, 6) is -3.83. The maximum absolute atomic E-state index is 14.4. The first-order chi connectivity index (χ1) is 12.7. The lowest BCUT2D eigenvalue weighted by Crippen LogP contribution is -2.35. The van der Waals surface area contributed by atoms with Gasteiger partial charge in [-0.25, -0.2) is 4.39 Å². The molecule has 6 nitrogen and oxygen atoms in total. The number of nitrogens with zero attached hydrogens (tertiary/aromatic N) is 1. The van der Waals surface area contributed by atoms with Crippen molar-refractivity contribution >= 4 is 34.6 Å². The van der Waals surface area contributed by atoms with Crippen molar-refractivity contribution in [3.63, 3.8) is 0 Å². The van der Waals surface area contributed by atoms with Gasteiger partial charge in [-0.1, -0.05) is 18.2 Å². The highest BCUT2D eigenvalue weighted by Crippen LogP contribution is 2.38. The minimum absolute atomic E-state index is 0.0416. The molecule has 0 saturated heterocycles. The van der Waals surface area contributed by atoms with Crippen LogP contribution in [-0.4, -0.2) is 28.9 Å². The van der Waals surface area contributed by atoms with Crippen LogP contribution in [0.5, 0.6) is 0 Å². The van der Waals surface area contributed by atoms with E-state index >= 15 is 0 Å². The number of rotatable bonds is 3. The predicted octanol–water partition coefficient (Wildman–Crippen LogP) is 2.88. The monoisotopic (exact) mass is 400 g/mol. The minimum Gasteiger partial charge on any atom is -0.331 e. The second-order valence-corrected chi connectivity index (χ2v) is 5.99. The van der Waals surface area contributed by atoms with Gasteiger partial charge in [0.15, 0.2) is 10.8 Å². The highest BCUT2D eigenvalue weighted by molar-refractivity contribution is 7.80. The number of alkyl halides is 4. The number of nitrogens with one attached hydrogen (secondary N) is 3. The number of anilines is 1. The van der Waals surface area contributed by atoms with Gasteiger partial charge in [-0.2, -0.15) is 5.10 Å². The van der Waals surface area contributed by atoms with Crippen LogP contribution < -0.4 is 16.1 Å². The Bertz CT molecular complexity index is 867. The van der Waals surface area contributed by atoms with Crippen LogP contribution in [0.15, 0.2) is 58.9 Å². The third-order valence-electron chi connectivity index (χ3n) is 3.58. The van der Waals surface area contributed by atoms with Crippen molar-refractivity contribution in [3.8, 4) is 0 Å². The number of amides is 1. The van der Waals surface area contributed by atoms with Crippen molar-refractivity contribution in [3.05, 3.63) is 53.8 Å². The fourth-order valence-electron chi connectivity index (χ4n) is 2.52. The first-order valence-electron chi connectivity index (χ1n) is 7.55. The smallest absolute Gasteiger partial charge is 0.331 e. The molecule has 3 rings (SSSR count). The van der Waals surface area contributed by atoms with Gasteiger partial charge in [0, 0.05) is 23.4 Å². The SMILES string of the molecule is O=C1NC2=C(CC(F)(OC(F)(F)F)C=C2)C1=NNC(=S)Nc1ccccc1. The average Bonchev–Trinajstić information content (AvgIpc) is 2.86. The molecule has 1 aromatic carbocycles. The Morgan fingerprint density at radius 2 is 2.00 bits per heavy atom. The summed E-state index contributed by atoms with van der Waals surface area (Å²) in [6.07, 6.45) is -4.41. The third kappa shape index (κ3) is 4.68. The molecular formula is C16H12F4N4O2S. The lowest BCUT2D eigenvalue weighted by molar-refractivity contribution is -0.380. The maximum atomic E-state index is 14.4. The van der Waals surface area contributed by atoms with Gasteiger partial charge < -0.3 is 10.6 Å². The van der Waals surface area contributed by atoms with Gasteiger partial charge in [0.1, 0.15) is 0 Å². The molecule has 0 saturated carbocycles. The fourth-order valence-corrected chi connectivity index (χ4v) is 2.68. The quantitative estimate of drug-likeness (QED) is 0.413. The van der Waals surface area contributed by atoms with Crippen molar-refractivity contribution in [2.45, 2.75) is 18.6 Å². The molecule has 0 radical (unpaired) electrons. The Morgan fingerprint density at radius 1 is 1.30 bits per heavy atom. The molecule has 0 fully saturated rings. The van der Waals surface area contributed by atoms with Crippen LogP contribution in [0.1, 0.15) is 6.42 Å². The van der Waals surface area contributed by atoms with Gasteiger partial charge in [-0.3, -0.25) is 15.0 Å². The second-order valence-electron chi connectivity index (χ2n) is 5.58. The molecule has 0 spiro atoms. The minimum atomic E-state index is -5.18. The lowest BCUT2D eigenvalue weighted by atomic mass is 9.97. The number of benzene rings is 1.